The van der Waals surface area contributed by atoms with Crippen LogP contribution in [0.3, 0.4) is 0 Å². The van der Waals surface area contributed by atoms with Crippen molar-refractivity contribution < 1.29 is 23.8 Å². The number of likely N-dealkylation sites (tertiary alicyclic amines) is 1. The molecule has 2 N–H and O–H groups in total. The van der Waals surface area contributed by atoms with E-state index in [-0.39, 0.29) is 17.5 Å². The molecular formula is C29H29FN2O4S. The number of ether oxygens (including phenoxy) is 2. The Labute approximate surface area is 219 Å². The Hall–Kier alpha value is -3.62. The van der Waals surface area contributed by atoms with Gasteiger partial charge in [0.2, 0.25) is 5.91 Å². The molecule has 0 aliphatic carbocycles. The van der Waals surface area contributed by atoms with E-state index in [0.29, 0.717) is 31.1 Å². The molecule has 1 amide bonds. The van der Waals surface area contributed by atoms with Crippen LogP contribution in [0.1, 0.15) is 19.3 Å². The molecule has 192 valence electrons. The highest BCUT2D eigenvalue weighted by molar-refractivity contribution is 7.22. The predicted octanol–water partition coefficient (Wildman–Crippen LogP) is 6.19. The number of aromatic hydroxyl groups is 1. The van der Waals surface area contributed by atoms with Crippen LogP contribution in [0.2, 0.25) is 0 Å². The van der Waals surface area contributed by atoms with Gasteiger partial charge in [-0.25, -0.2) is 4.39 Å². The average molecular weight is 521 g/mol. The molecule has 1 aromatic heterocycles. The quantitative estimate of drug-likeness (QED) is 0.231. The summed E-state index contributed by atoms with van der Waals surface area (Å²) in [5, 5.41) is 14.1. The summed E-state index contributed by atoms with van der Waals surface area (Å²) < 4.78 is 26.5. The topological polar surface area (TPSA) is 71.0 Å². The minimum Gasteiger partial charge on any atom is -0.508 e. The Morgan fingerprint density at radius 2 is 1.76 bits per heavy atom. The number of hydrogen-bond acceptors (Lipinski definition) is 6. The molecule has 1 fully saturated rings. The minimum absolute atomic E-state index is 0.183. The molecule has 37 heavy (non-hydrogen) atoms. The lowest BCUT2D eigenvalue weighted by Crippen LogP contribution is -2.42. The Kier molecular flexibility index (Phi) is 7.87. The number of amides is 1. The van der Waals surface area contributed by atoms with E-state index in [1.54, 1.807) is 24.3 Å². The lowest BCUT2D eigenvalue weighted by molar-refractivity contribution is -0.134. The lowest BCUT2D eigenvalue weighted by atomic mass is 10.1. The van der Waals surface area contributed by atoms with Gasteiger partial charge >= 0.3 is 0 Å². The molecule has 0 atom stereocenters. The van der Waals surface area contributed by atoms with Crippen molar-refractivity contribution >= 4 is 27.3 Å². The third kappa shape index (κ3) is 6.21. The molecule has 0 spiro atoms. The van der Waals surface area contributed by atoms with E-state index in [1.165, 1.54) is 23.5 Å². The summed E-state index contributed by atoms with van der Waals surface area (Å²) in [6, 6.07) is 18.9. The highest BCUT2D eigenvalue weighted by Crippen LogP contribution is 2.47. The number of thiophene rings is 1. The molecule has 8 heteroatoms. The van der Waals surface area contributed by atoms with Gasteiger partial charge in [-0.3, -0.25) is 4.79 Å². The number of phenolic OH excluding ortho intramolecular Hbond substituents is 1. The Morgan fingerprint density at radius 3 is 2.49 bits per heavy atom. The van der Waals surface area contributed by atoms with E-state index in [1.807, 2.05) is 35.2 Å². The molecule has 5 rings (SSSR count). The molecule has 0 radical (unpaired) electrons. The zero-order valence-electron chi connectivity index (χ0n) is 20.4. The summed E-state index contributed by atoms with van der Waals surface area (Å²) in [6.07, 6.45) is 2.55. The van der Waals surface area contributed by atoms with E-state index in [4.69, 9.17) is 9.47 Å². The van der Waals surface area contributed by atoms with Crippen LogP contribution in [0.15, 0.2) is 66.7 Å². The number of fused-ring (bicyclic) bond motifs is 1. The van der Waals surface area contributed by atoms with Crippen LogP contribution in [0, 0.1) is 5.82 Å². The first-order valence-electron chi connectivity index (χ1n) is 12.5. The van der Waals surface area contributed by atoms with Crippen molar-refractivity contribution in [1.82, 2.24) is 10.2 Å². The molecule has 0 bridgehead atoms. The maximum Gasteiger partial charge on any atom is 0.222 e. The summed E-state index contributed by atoms with van der Waals surface area (Å²) in [7, 11) is 0. The van der Waals surface area contributed by atoms with Crippen molar-refractivity contribution in [3.8, 4) is 33.4 Å². The van der Waals surface area contributed by atoms with Crippen LogP contribution in [-0.4, -0.2) is 48.7 Å². The number of carbonyl (C=O) groups excluding carboxylic acids is 1. The van der Waals surface area contributed by atoms with Gasteiger partial charge in [0.05, 0.1) is 4.88 Å². The average Bonchev–Trinajstić information content (AvgIpc) is 3.21. The van der Waals surface area contributed by atoms with Gasteiger partial charge in [0.15, 0.2) is 5.75 Å². The highest BCUT2D eigenvalue weighted by atomic mass is 32.1. The van der Waals surface area contributed by atoms with Gasteiger partial charge in [-0.05, 0) is 79.5 Å². The van der Waals surface area contributed by atoms with Crippen molar-refractivity contribution in [3.05, 3.63) is 72.5 Å². The van der Waals surface area contributed by atoms with Gasteiger partial charge in [-0.2, -0.15) is 0 Å². The summed E-state index contributed by atoms with van der Waals surface area (Å²) in [5.74, 6) is 2.19. The van der Waals surface area contributed by atoms with E-state index in [9.17, 15) is 14.3 Å². The van der Waals surface area contributed by atoms with Gasteiger partial charge in [0, 0.05) is 36.1 Å². The number of nitrogens with one attached hydrogen (secondary N) is 1. The fraction of sp³-hybridized carbons (Fsp3) is 0.276. The largest absolute Gasteiger partial charge is 0.508 e. The summed E-state index contributed by atoms with van der Waals surface area (Å²) in [6.45, 7) is 3.83. The van der Waals surface area contributed by atoms with Crippen molar-refractivity contribution in [2.75, 3.05) is 32.8 Å². The van der Waals surface area contributed by atoms with Crippen LogP contribution in [0.4, 0.5) is 4.39 Å². The van der Waals surface area contributed by atoms with Gasteiger partial charge < -0.3 is 24.8 Å². The maximum absolute atomic E-state index is 13.5. The minimum atomic E-state index is -0.298. The second-order valence-corrected chi connectivity index (χ2v) is 10.0. The van der Waals surface area contributed by atoms with Crippen molar-refractivity contribution in [3.63, 3.8) is 0 Å². The van der Waals surface area contributed by atoms with Crippen LogP contribution in [0.25, 0.3) is 20.5 Å². The van der Waals surface area contributed by atoms with E-state index < -0.39 is 0 Å². The first kappa shape index (κ1) is 25.0. The fourth-order valence-electron chi connectivity index (χ4n) is 4.13. The number of halogens is 1. The van der Waals surface area contributed by atoms with Crippen molar-refractivity contribution in [2.45, 2.75) is 19.3 Å². The second-order valence-electron chi connectivity index (χ2n) is 8.96. The molecule has 0 unspecified atom stereocenters. The van der Waals surface area contributed by atoms with E-state index in [0.717, 1.165) is 58.8 Å². The molecule has 3 aromatic carbocycles. The fourth-order valence-corrected chi connectivity index (χ4v) is 5.30. The number of carbonyl (C=O) groups is 1. The molecule has 4 aromatic rings. The third-order valence-corrected chi connectivity index (χ3v) is 7.46. The molecule has 2 heterocycles. The first-order chi connectivity index (χ1) is 18.1. The monoisotopic (exact) mass is 520 g/mol. The SMILES string of the molecule is O=C(CCCNCCOc1ccc(Oc2c(-c3ccc(F)cc3)sc3cc(O)ccc23)cc1)N1CCC1. The number of benzene rings is 3. The van der Waals surface area contributed by atoms with E-state index >= 15 is 0 Å². The number of phenols is 1. The maximum atomic E-state index is 13.5. The van der Waals surface area contributed by atoms with Gasteiger partial charge in [-0.1, -0.05) is 12.1 Å². The molecule has 1 saturated heterocycles. The Bertz CT molecular complexity index is 1350. The summed E-state index contributed by atoms with van der Waals surface area (Å²) >= 11 is 1.49. The number of rotatable bonds is 11. The highest BCUT2D eigenvalue weighted by Gasteiger charge is 2.19. The van der Waals surface area contributed by atoms with Crippen LogP contribution >= 0.6 is 11.3 Å². The zero-order chi connectivity index (χ0) is 25.6. The summed E-state index contributed by atoms with van der Waals surface area (Å²) in [4.78, 5) is 14.6. The summed E-state index contributed by atoms with van der Waals surface area (Å²) in [5.41, 5.74) is 0.842. The van der Waals surface area contributed by atoms with Crippen LogP contribution < -0.4 is 14.8 Å². The molecular weight excluding hydrogens is 491 g/mol. The second kappa shape index (κ2) is 11.6. The van der Waals surface area contributed by atoms with Crippen molar-refractivity contribution in [2.24, 2.45) is 0 Å². The van der Waals surface area contributed by atoms with Gasteiger partial charge in [-0.15, -0.1) is 11.3 Å². The zero-order valence-corrected chi connectivity index (χ0v) is 21.2. The van der Waals surface area contributed by atoms with Crippen LogP contribution in [0.5, 0.6) is 23.0 Å². The first-order valence-corrected chi connectivity index (χ1v) is 13.3. The van der Waals surface area contributed by atoms with Crippen LogP contribution in [-0.2, 0) is 4.79 Å². The van der Waals surface area contributed by atoms with E-state index in [2.05, 4.69) is 5.32 Å². The predicted molar refractivity (Wildman–Crippen MR) is 144 cm³/mol. The molecule has 1 aliphatic rings. The smallest absolute Gasteiger partial charge is 0.222 e. The van der Waals surface area contributed by atoms with Gasteiger partial charge in [0.25, 0.3) is 0 Å². The normalized spacial score (nSPS) is 12.9. The Balaban J connectivity index is 1.16. The van der Waals surface area contributed by atoms with Crippen molar-refractivity contribution in [1.29, 1.82) is 0 Å². The Morgan fingerprint density at radius 1 is 1.00 bits per heavy atom. The molecule has 0 saturated carbocycles. The van der Waals surface area contributed by atoms with Gasteiger partial charge in [0.1, 0.15) is 29.7 Å². The number of hydrogen-bond donors (Lipinski definition) is 2. The molecule has 6 nitrogen and oxygen atoms in total. The lowest BCUT2D eigenvalue weighted by Gasteiger charge is -2.30. The standard InChI is InChI=1S/C29H29FN2O4S/c30-21-6-4-20(5-7-21)29-28(25-13-8-22(33)19-26(25)37-29)36-24-11-9-23(10-12-24)35-18-15-31-14-1-3-27(34)32-16-2-17-32/h4-13,19,31,33H,1-3,14-18H2. The number of nitrogens with zero attached hydrogens (tertiary/aromatic N) is 1. The molecule has 1 aliphatic heterocycles. The third-order valence-electron chi connectivity index (χ3n) is 6.28.